The van der Waals surface area contributed by atoms with E-state index in [4.69, 9.17) is 14.2 Å². The van der Waals surface area contributed by atoms with Gasteiger partial charge in [-0.25, -0.2) is 4.79 Å². The number of methoxy groups -OCH3 is 2. The lowest BCUT2D eigenvalue weighted by molar-refractivity contribution is 0.0635. The van der Waals surface area contributed by atoms with E-state index < -0.39 is 11.7 Å². The lowest BCUT2D eigenvalue weighted by Gasteiger charge is -2.20. The van der Waals surface area contributed by atoms with E-state index >= 15 is 0 Å². The topological polar surface area (TPSA) is 73.9 Å². The fourth-order valence-corrected chi connectivity index (χ4v) is 1.58. The van der Waals surface area contributed by atoms with Gasteiger partial charge in [-0.2, -0.15) is 0 Å². The zero-order chi connectivity index (χ0) is 15.3. The van der Waals surface area contributed by atoms with Crippen LogP contribution >= 0.6 is 0 Å². The number of anilines is 1. The van der Waals surface area contributed by atoms with Crippen molar-refractivity contribution in [1.82, 2.24) is 0 Å². The number of aldehydes is 1. The lowest BCUT2D eigenvalue weighted by Crippen LogP contribution is -2.27. The Morgan fingerprint density at radius 2 is 1.85 bits per heavy atom. The summed E-state index contributed by atoms with van der Waals surface area (Å²) in [5.74, 6) is 0.667. The van der Waals surface area contributed by atoms with Crippen LogP contribution in [0.25, 0.3) is 0 Å². The van der Waals surface area contributed by atoms with Crippen LogP contribution in [0.5, 0.6) is 11.5 Å². The Kier molecular flexibility index (Phi) is 4.96. The van der Waals surface area contributed by atoms with Crippen molar-refractivity contribution in [1.29, 1.82) is 0 Å². The second-order valence-electron chi connectivity index (χ2n) is 5.05. The molecular formula is C14H19NO5. The minimum absolute atomic E-state index is 0.276. The first-order valence-electron chi connectivity index (χ1n) is 6.02. The average molecular weight is 281 g/mol. The number of hydrogen-bond acceptors (Lipinski definition) is 5. The maximum atomic E-state index is 11.7. The second kappa shape index (κ2) is 6.27. The number of carbonyl (C=O) groups excluding carboxylic acids is 2. The highest BCUT2D eigenvalue weighted by atomic mass is 16.6. The van der Waals surface area contributed by atoms with Gasteiger partial charge in [0.1, 0.15) is 5.60 Å². The Morgan fingerprint density at radius 3 is 2.30 bits per heavy atom. The number of carbonyl (C=O) groups is 2. The molecule has 110 valence electrons. The maximum Gasteiger partial charge on any atom is 0.412 e. The molecule has 1 rings (SSSR count). The quantitative estimate of drug-likeness (QED) is 0.859. The van der Waals surface area contributed by atoms with E-state index in [0.29, 0.717) is 23.5 Å². The van der Waals surface area contributed by atoms with Gasteiger partial charge in [-0.15, -0.1) is 0 Å². The zero-order valence-electron chi connectivity index (χ0n) is 12.3. The summed E-state index contributed by atoms with van der Waals surface area (Å²) < 4.78 is 15.4. The molecule has 20 heavy (non-hydrogen) atoms. The summed E-state index contributed by atoms with van der Waals surface area (Å²) in [4.78, 5) is 22.7. The maximum absolute atomic E-state index is 11.7. The van der Waals surface area contributed by atoms with Gasteiger partial charge in [0.2, 0.25) is 0 Å². The van der Waals surface area contributed by atoms with E-state index in [1.54, 1.807) is 26.8 Å². The van der Waals surface area contributed by atoms with E-state index in [0.717, 1.165) is 0 Å². The molecule has 0 saturated carbocycles. The molecular weight excluding hydrogens is 262 g/mol. The molecule has 1 N–H and O–H groups in total. The average Bonchev–Trinajstić information content (AvgIpc) is 2.35. The molecule has 0 saturated heterocycles. The van der Waals surface area contributed by atoms with Crippen LogP contribution in [0.3, 0.4) is 0 Å². The molecule has 0 heterocycles. The molecule has 0 aromatic heterocycles. The molecule has 0 aliphatic carbocycles. The molecule has 0 unspecified atom stereocenters. The summed E-state index contributed by atoms with van der Waals surface area (Å²) in [6, 6.07) is 3.04. The van der Waals surface area contributed by atoms with Crippen LogP contribution in [0.15, 0.2) is 12.1 Å². The smallest absolute Gasteiger partial charge is 0.412 e. The zero-order valence-corrected chi connectivity index (χ0v) is 12.3. The van der Waals surface area contributed by atoms with Crippen molar-refractivity contribution >= 4 is 18.1 Å². The lowest BCUT2D eigenvalue weighted by atomic mass is 10.1. The summed E-state index contributed by atoms with van der Waals surface area (Å²) in [6.45, 7) is 5.29. The van der Waals surface area contributed by atoms with E-state index in [1.807, 2.05) is 0 Å². The summed E-state index contributed by atoms with van der Waals surface area (Å²) in [5.41, 5.74) is 0.0608. The first kappa shape index (κ1) is 15.8. The van der Waals surface area contributed by atoms with E-state index in [9.17, 15) is 9.59 Å². The highest BCUT2D eigenvalue weighted by Crippen LogP contribution is 2.33. The fraction of sp³-hybridized carbons (Fsp3) is 0.429. The molecule has 0 aliphatic rings. The molecule has 0 aliphatic heterocycles. The van der Waals surface area contributed by atoms with Gasteiger partial charge < -0.3 is 14.2 Å². The van der Waals surface area contributed by atoms with Crippen LogP contribution in [0.1, 0.15) is 31.1 Å². The van der Waals surface area contributed by atoms with Gasteiger partial charge in [0.05, 0.1) is 19.8 Å². The van der Waals surface area contributed by atoms with Gasteiger partial charge >= 0.3 is 6.09 Å². The predicted octanol–water partition coefficient (Wildman–Crippen LogP) is 2.86. The van der Waals surface area contributed by atoms with Crippen molar-refractivity contribution in [3.8, 4) is 11.5 Å². The number of amides is 1. The second-order valence-corrected chi connectivity index (χ2v) is 5.05. The minimum atomic E-state index is -0.610. The molecule has 0 radical (unpaired) electrons. The summed E-state index contributed by atoms with van der Waals surface area (Å²) >= 11 is 0. The van der Waals surface area contributed by atoms with E-state index in [1.165, 1.54) is 20.3 Å². The van der Waals surface area contributed by atoms with Crippen molar-refractivity contribution in [3.63, 3.8) is 0 Å². The monoisotopic (exact) mass is 281 g/mol. The van der Waals surface area contributed by atoms with Crippen molar-refractivity contribution in [2.75, 3.05) is 19.5 Å². The molecule has 0 bridgehead atoms. The molecule has 1 aromatic rings. The van der Waals surface area contributed by atoms with Crippen LogP contribution < -0.4 is 14.8 Å². The minimum Gasteiger partial charge on any atom is -0.493 e. The van der Waals surface area contributed by atoms with Crippen molar-refractivity contribution in [3.05, 3.63) is 17.7 Å². The summed E-state index contributed by atoms with van der Waals surface area (Å²) in [7, 11) is 2.88. The van der Waals surface area contributed by atoms with Gasteiger partial charge in [-0.05, 0) is 26.8 Å². The predicted molar refractivity (Wildman–Crippen MR) is 74.8 cm³/mol. The van der Waals surface area contributed by atoms with Gasteiger partial charge in [-0.3, -0.25) is 10.1 Å². The first-order valence-corrected chi connectivity index (χ1v) is 6.02. The van der Waals surface area contributed by atoms with E-state index in [-0.39, 0.29) is 5.56 Å². The van der Waals surface area contributed by atoms with E-state index in [2.05, 4.69) is 5.32 Å². The summed E-state index contributed by atoms with van der Waals surface area (Å²) in [6.07, 6.45) is 0.0170. The molecule has 0 spiro atoms. The number of hydrogen-bond donors (Lipinski definition) is 1. The van der Waals surface area contributed by atoms with Gasteiger partial charge in [0.15, 0.2) is 17.8 Å². The highest BCUT2D eigenvalue weighted by molar-refractivity contribution is 5.89. The Bertz CT molecular complexity index is 505. The van der Waals surface area contributed by atoms with Crippen molar-refractivity contribution < 1.29 is 23.8 Å². The molecule has 1 aromatic carbocycles. The molecule has 0 fully saturated rings. The third-order valence-corrected chi connectivity index (χ3v) is 2.28. The third-order valence-electron chi connectivity index (χ3n) is 2.28. The van der Waals surface area contributed by atoms with Crippen molar-refractivity contribution in [2.24, 2.45) is 0 Å². The Hall–Kier alpha value is -2.24. The fourth-order valence-electron chi connectivity index (χ4n) is 1.58. The third kappa shape index (κ3) is 4.15. The highest BCUT2D eigenvalue weighted by Gasteiger charge is 2.18. The van der Waals surface area contributed by atoms with Crippen LogP contribution in [-0.2, 0) is 4.74 Å². The summed E-state index contributed by atoms with van der Waals surface area (Å²) in [5, 5.41) is 2.54. The number of ether oxygens (including phenoxy) is 3. The molecule has 0 atom stereocenters. The SMILES string of the molecule is COc1cc(NC(=O)OC(C)(C)C)cc(C=O)c1OC. The number of rotatable bonds is 4. The van der Waals surface area contributed by atoms with Crippen LogP contribution in [0.2, 0.25) is 0 Å². The van der Waals surface area contributed by atoms with Gasteiger partial charge in [0, 0.05) is 11.8 Å². The van der Waals surface area contributed by atoms with Crippen LogP contribution in [0, 0.1) is 0 Å². The van der Waals surface area contributed by atoms with Gasteiger partial charge in [0.25, 0.3) is 0 Å². The van der Waals surface area contributed by atoms with Crippen molar-refractivity contribution in [2.45, 2.75) is 26.4 Å². The molecule has 1 amide bonds. The number of benzene rings is 1. The Balaban J connectivity index is 3.02. The standard InChI is InChI=1S/C14H19NO5/c1-14(2,3)20-13(17)15-10-6-9(8-16)12(19-5)11(7-10)18-4/h6-8H,1-5H3,(H,15,17). The van der Waals surface area contributed by atoms with Crippen LogP contribution in [-0.4, -0.2) is 32.2 Å². The largest absolute Gasteiger partial charge is 0.493 e. The normalized spacial score (nSPS) is 10.7. The molecule has 6 heteroatoms. The Morgan fingerprint density at radius 1 is 1.20 bits per heavy atom. The molecule has 6 nitrogen and oxygen atoms in total. The van der Waals surface area contributed by atoms with Gasteiger partial charge in [-0.1, -0.05) is 0 Å². The first-order chi connectivity index (χ1) is 9.30. The Labute approximate surface area is 118 Å². The number of nitrogens with one attached hydrogen (secondary N) is 1. The van der Waals surface area contributed by atoms with Crippen LogP contribution in [0.4, 0.5) is 10.5 Å².